The second kappa shape index (κ2) is 12.9. The quantitative estimate of drug-likeness (QED) is 0.108. The van der Waals surface area contributed by atoms with Crippen LogP contribution in [-0.2, 0) is 33.8 Å². The molecule has 0 amide bonds. The molecule has 2 heterocycles. The molecule has 2 N–H and O–H groups in total. The fraction of sp³-hybridized carbons (Fsp3) is 0.591. The SMILES string of the molecule is CC(C)(C)c1cc(CP(C23CC4CC(CC(C4)C2)C3)C23CC4CC(CC(C4)C2)C3)c(C(P)(c2cc[nH]c2)c2cc[nH]c2)[cH-]1.[Fe+2].c1cc[cH-]c1. The van der Waals surface area contributed by atoms with Crippen LogP contribution in [0, 0.1) is 35.5 Å². The molecule has 8 aliphatic carbocycles. The molecule has 2 nitrogen and oxygen atoms in total. The number of aromatic amines is 2. The van der Waals surface area contributed by atoms with Crippen molar-refractivity contribution in [3.05, 3.63) is 107 Å². The molecule has 2 aromatic carbocycles. The average molecular weight is 733 g/mol. The van der Waals surface area contributed by atoms with E-state index in [9.17, 15) is 0 Å². The van der Waals surface area contributed by atoms with Crippen molar-refractivity contribution >= 4 is 17.2 Å². The fourth-order valence-electron chi connectivity index (χ4n) is 13.2. The summed E-state index contributed by atoms with van der Waals surface area (Å²) in [6, 6.07) is 20.0. The van der Waals surface area contributed by atoms with E-state index in [1.54, 1.807) is 88.2 Å². The molecule has 8 saturated carbocycles. The topological polar surface area (TPSA) is 31.6 Å². The van der Waals surface area contributed by atoms with Crippen molar-refractivity contribution in [2.75, 3.05) is 0 Å². The van der Waals surface area contributed by atoms with Crippen LogP contribution in [0.2, 0.25) is 0 Å². The molecule has 262 valence electrons. The predicted molar refractivity (Wildman–Crippen MR) is 206 cm³/mol. The summed E-state index contributed by atoms with van der Waals surface area (Å²) in [7, 11) is 3.28. The number of H-pyrrole nitrogens is 2. The molecule has 12 rings (SSSR count). The van der Waals surface area contributed by atoms with Gasteiger partial charge in [-0.25, -0.2) is 18.2 Å². The van der Waals surface area contributed by atoms with Gasteiger partial charge >= 0.3 is 17.1 Å². The van der Waals surface area contributed by atoms with Crippen LogP contribution in [-0.4, -0.2) is 20.3 Å². The summed E-state index contributed by atoms with van der Waals surface area (Å²) >= 11 is 0. The zero-order chi connectivity index (χ0) is 32.7. The van der Waals surface area contributed by atoms with E-state index >= 15 is 0 Å². The van der Waals surface area contributed by atoms with Gasteiger partial charge in [0.05, 0.1) is 0 Å². The van der Waals surface area contributed by atoms with Crippen LogP contribution in [0.1, 0.15) is 126 Å². The molecule has 2 aromatic heterocycles. The molecule has 8 aliphatic rings. The summed E-state index contributed by atoms with van der Waals surface area (Å²) < 4.78 is 0. The van der Waals surface area contributed by atoms with Crippen LogP contribution >= 0.6 is 17.2 Å². The third-order valence-electron chi connectivity index (χ3n) is 14.4. The maximum atomic E-state index is 3.42. The van der Waals surface area contributed by atoms with Crippen molar-refractivity contribution in [2.24, 2.45) is 35.5 Å². The summed E-state index contributed by atoms with van der Waals surface area (Å²) in [5.41, 5.74) is 7.64. The first-order chi connectivity index (χ1) is 23.1. The van der Waals surface area contributed by atoms with Crippen LogP contribution in [0.5, 0.6) is 0 Å². The monoisotopic (exact) mass is 732 g/mol. The second-order valence-electron chi connectivity index (χ2n) is 18.8. The molecule has 0 saturated heterocycles. The molecule has 5 heteroatoms. The maximum absolute atomic E-state index is 3.42. The Morgan fingerprint density at radius 3 is 1.49 bits per heavy atom. The smallest absolute Gasteiger partial charge is 0.367 e. The van der Waals surface area contributed by atoms with E-state index < -0.39 is 0 Å². The van der Waals surface area contributed by atoms with E-state index in [-0.39, 0.29) is 35.6 Å². The van der Waals surface area contributed by atoms with Crippen LogP contribution in [0.3, 0.4) is 0 Å². The van der Waals surface area contributed by atoms with Gasteiger partial charge in [-0.3, -0.25) is 0 Å². The minimum Gasteiger partial charge on any atom is -0.367 e. The number of hydrogen-bond donors (Lipinski definition) is 2. The zero-order valence-electron chi connectivity index (χ0n) is 30.0. The third-order valence-corrected chi connectivity index (χ3v) is 19.4. The molecule has 8 fully saturated rings. The van der Waals surface area contributed by atoms with Gasteiger partial charge in [-0.2, -0.15) is 35.4 Å². The normalized spacial score (nSPS) is 34.8. The largest absolute Gasteiger partial charge is 2.00 e. The Kier molecular flexibility index (Phi) is 9.17. The van der Waals surface area contributed by atoms with Crippen LogP contribution in [0.25, 0.3) is 0 Å². The molecule has 49 heavy (non-hydrogen) atoms. The molecule has 8 bridgehead atoms. The van der Waals surface area contributed by atoms with Gasteiger partial charge in [0.1, 0.15) is 0 Å². The molecule has 0 radical (unpaired) electrons. The number of rotatable bonds is 7. The first-order valence-corrected chi connectivity index (χ1v) is 21.5. The van der Waals surface area contributed by atoms with Crippen molar-refractivity contribution in [1.82, 2.24) is 9.97 Å². The summed E-state index contributed by atoms with van der Waals surface area (Å²) in [5.74, 6) is 6.22. The second-order valence-corrected chi connectivity index (χ2v) is 22.7. The predicted octanol–water partition coefficient (Wildman–Crippen LogP) is 11.8. The fourth-order valence-corrected chi connectivity index (χ4v) is 19.0. The van der Waals surface area contributed by atoms with Crippen molar-refractivity contribution in [2.45, 2.75) is 125 Å². The van der Waals surface area contributed by atoms with Gasteiger partial charge in [0.2, 0.25) is 0 Å². The summed E-state index contributed by atoms with van der Waals surface area (Å²) in [6.45, 7) is 7.27. The van der Waals surface area contributed by atoms with Gasteiger partial charge < -0.3 is 9.97 Å². The van der Waals surface area contributed by atoms with Gasteiger partial charge in [-0.05, 0) is 152 Å². The molecule has 0 aliphatic heterocycles. The minimum atomic E-state index is -0.247. The summed E-state index contributed by atoms with van der Waals surface area (Å²) in [5, 5.41) is 1.05. The molecule has 4 aromatic rings. The van der Waals surface area contributed by atoms with E-state index in [2.05, 4.69) is 89.0 Å². The van der Waals surface area contributed by atoms with E-state index in [0.717, 1.165) is 35.5 Å². The standard InChI is InChI=1S/C39H53N2P2.C5H5.Fe/c1-36(2,3)34-14-31(35(15-34)39(42,32-4-6-40-22-32)33-5-7-41-23-33)24-43(37-16-25-8-26(17-37)10-27(9-25)18-37)38-19-28-11-29(20-38)13-30(12-28)21-38;1-2-4-5-3-1;/h4-7,14-15,22-23,25-30,40-41H,8-13,16-21,24,42H2,1-3H3;1-5H;/q2*-1;+2. The van der Waals surface area contributed by atoms with Crippen LogP contribution in [0.4, 0.5) is 0 Å². The number of nitrogens with one attached hydrogen (secondary N) is 2. The van der Waals surface area contributed by atoms with Gasteiger partial charge in [0.15, 0.2) is 0 Å². The van der Waals surface area contributed by atoms with Crippen molar-refractivity contribution in [3.8, 4) is 0 Å². The molecular formula is C44H58FeN2P2. The Hall–Kier alpha value is -1.36. The van der Waals surface area contributed by atoms with E-state index in [4.69, 9.17) is 0 Å². The van der Waals surface area contributed by atoms with Gasteiger partial charge in [0, 0.05) is 29.9 Å². The van der Waals surface area contributed by atoms with Crippen molar-refractivity contribution in [3.63, 3.8) is 0 Å². The Bertz CT molecular complexity index is 1500. The van der Waals surface area contributed by atoms with E-state index in [0.29, 0.717) is 10.3 Å². The summed E-state index contributed by atoms with van der Waals surface area (Å²) in [6.07, 6.45) is 29.0. The minimum absolute atomic E-state index is 0. The van der Waals surface area contributed by atoms with Gasteiger partial charge in [-0.1, -0.05) is 26.9 Å². The molecule has 1 atom stereocenters. The third kappa shape index (κ3) is 6.08. The van der Waals surface area contributed by atoms with E-state index in [1.165, 1.54) is 22.9 Å². The maximum Gasteiger partial charge on any atom is 2.00 e. The van der Waals surface area contributed by atoms with Gasteiger partial charge in [-0.15, -0.1) is 22.7 Å². The average Bonchev–Trinajstić information content (AvgIpc) is 3.86. The van der Waals surface area contributed by atoms with Crippen LogP contribution in [0.15, 0.2) is 79.4 Å². The van der Waals surface area contributed by atoms with Gasteiger partial charge in [0.25, 0.3) is 0 Å². The molecule has 0 spiro atoms. The Morgan fingerprint density at radius 2 is 1.16 bits per heavy atom. The summed E-state index contributed by atoms with van der Waals surface area (Å²) in [4.78, 5) is 6.85. The molecular weight excluding hydrogens is 674 g/mol. The Labute approximate surface area is 310 Å². The van der Waals surface area contributed by atoms with Crippen molar-refractivity contribution < 1.29 is 17.1 Å². The number of hydrogen-bond acceptors (Lipinski definition) is 0. The number of aromatic nitrogens is 2. The Morgan fingerprint density at radius 1 is 0.735 bits per heavy atom. The first kappa shape index (κ1) is 34.7. The van der Waals surface area contributed by atoms with Crippen molar-refractivity contribution in [1.29, 1.82) is 0 Å². The van der Waals surface area contributed by atoms with E-state index in [1.807, 2.05) is 30.3 Å². The molecule has 1 unspecified atom stereocenters. The first-order valence-electron chi connectivity index (χ1n) is 19.4. The zero-order valence-corrected chi connectivity index (χ0v) is 33.2. The van der Waals surface area contributed by atoms with Crippen LogP contribution < -0.4 is 0 Å². The Balaban J connectivity index is 0.000000536.